The molecular weight excluding hydrogens is 468 g/mol. The lowest BCUT2D eigenvalue weighted by molar-refractivity contribution is -0.121. The normalized spacial score (nSPS) is 17.2. The van der Waals surface area contributed by atoms with E-state index in [0.717, 1.165) is 65.2 Å². The average Bonchev–Trinajstić information content (AvgIpc) is 3.56. The number of fused-ring (bicyclic) bond motifs is 2. The number of anilines is 1. The predicted octanol–water partition coefficient (Wildman–Crippen LogP) is 8.01. The molecule has 0 unspecified atom stereocenters. The monoisotopic (exact) mass is 492 g/mol. The van der Waals surface area contributed by atoms with Crippen molar-refractivity contribution in [3.05, 3.63) is 69.6 Å². The Kier molecular flexibility index (Phi) is 5.52. The van der Waals surface area contributed by atoms with Crippen LogP contribution >= 0.6 is 34.3 Å². The molecule has 0 saturated heterocycles. The number of halogens is 1. The highest BCUT2D eigenvalue weighted by Crippen LogP contribution is 2.48. The number of nitrogens with zero attached hydrogens (tertiary/aromatic N) is 1. The first kappa shape index (κ1) is 21.3. The van der Waals surface area contributed by atoms with Gasteiger partial charge in [-0.3, -0.25) is 4.79 Å². The molecule has 1 fully saturated rings. The molecule has 3 nitrogen and oxygen atoms in total. The van der Waals surface area contributed by atoms with Gasteiger partial charge in [-0.25, -0.2) is 4.98 Å². The molecule has 0 bridgehead atoms. The van der Waals surface area contributed by atoms with E-state index in [0.29, 0.717) is 5.02 Å². The van der Waals surface area contributed by atoms with Crippen LogP contribution < -0.4 is 5.32 Å². The number of hydrogen-bond acceptors (Lipinski definition) is 4. The van der Waals surface area contributed by atoms with Crippen LogP contribution in [0, 0.1) is 0 Å². The van der Waals surface area contributed by atoms with E-state index in [1.165, 1.54) is 28.0 Å². The number of hydrogen-bond donors (Lipinski definition) is 1. The summed E-state index contributed by atoms with van der Waals surface area (Å²) in [5, 5.41) is 6.13. The molecule has 0 atom stereocenters. The molecule has 6 rings (SSSR count). The Morgan fingerprint density at radius 2 is 1.70 bits per heavy atom. The van der Waals surface area contributed by atoms with E-state index in [2.05, 4.69) is 23.5 Å². The molecule has 2 aromatic heterocycles. The van der Waals surface area contributed by atoms with Gasteiger partial charge >= 0.3 is 0 Å². The van der Waals surface area contributed by atoms with Gasteiger partial charge in [-0.15, -0.1) is 22.7 Å². The number of para-hydroxylation sites is 1. The van der Waals surface area contributed by atoms with Gasteiger partial charge in [0.25, 0.3) is 0 Å². The van der Waals surface area contributed by atoms with E-state index in [1.54, 1.807) is 22.7 Å². The van der Waals surface area contributed by atoms with E-state index < -0.39 is 5.41 Å². The number of amides is 1. The first-order valence-corrected chi connectivity index (χ1v) is 13.7. The van der Waals surface area contributed by atoms with Crippen molar-refractivity contribution in [2.24, 2.45) is 0 Å². The quantitative estimate of drug-likeness (QED) is 0.313. The van der Waals surface area contributed by atoms with Crippen LogP contribution in [0.3, 0.4) is 0 Å². The van der Waals surface area contributed by atoms with Gasteiger partial charge in [-0.2, -0.15) is 0 Å². The number of aromatic nitrogens is 1. The van der Waals surface area contributed by atoms with Crippen molar-refractivity contribution in [1.29, 1.82) is 0 Å². The van der Waals surface area contributed by atoms with Gasteiger partial charge in [-0.05, 0) is 73.9 Å². The minimum atomic E-state index is -0.486. The number of thiophene rings is 1. The second-order valence-corrected chi connectivity index (χ2v) is 11.7. The maximum atomic E-state index is 13.9. The van der Waals surface area contributed by atoms with Gasteiger partial charge in [0.05, 0.1) is 15.6 Å². The van der Waals surface area contributed by atoms with Gasteiger partial charge in [0, 0.05) is 15.5 Å². The maximum absolute atomic E-state index is 13.9. The van der Waals surface area contributed by atoms with Gasteiger partial charge in [0.15, 0.2) is 0 Å². The van der Waals surface area contributed by atoms with Gasteiger partial charge in [-0.1, -0.05) is 48.7 Å². The Bertz CT molecular complexity index is 1300. The lowest BCUT2D eigenvalue weighted by atomic mass is 9.78. The van der Waals surface area contributed by atoms with E-state index in [1.807, 2.05) is 30.3 Å². The van der Waals surface area contributed by atoms with Crippen molar-refractivity contribution in [3.63, 3.8) is 0 Å². The smallest absolute Gasteiger partial charge is 0.235 e. The summed E-state index contributed by atoms with van der Waals surface area (Å²) >= 11 is 9.64. The highest BCUT2D eigenvalue weighted by molar-refractivity contribution is 7.23. The molecule has 2 aromatic carbocycles. The van der Waals surface area contributed by atoms with E-state index >= 15 is 0 Å². The van der Waals surface area contributed by atoms with Crippen LogP contribution in [-0.4, -0.2) is 10.9 Å². The van der Waals surface area contributed by atoms with Crippen LogP contribution in [0.5, 0.6) is 0 Å². The zero-order valence-electron chi connectivity index (χ0n) is 18.3. The third kappa shape index (κ3) is 3.71. The van der Waals surface area contributed by atoms with Crippen molar-refractivity contribution in [3.8, 4) is 10.6 Å². The van der Waals surface area contributed by atoms with E-state index in [-0.39, 0.29) is 5.91 Å². The van der Waals surface area contributed by atoms with Crippen molar-refractivity contribution < 1.29 is 4.79 Å². The molecule has 0 radical (unpaired) electrons. The first-order valence-electron chi connectivity index (χ1n) is 11.7. The van der Waals surface area contributed by atoms with Crippen LogP contribution in [0.2, 0.25) is 5.02 Å². The number of aryl methyl sites for hydroxylation is 1. The van der Waals surface area contributed by atoms with Crippen LogP contribution in [0.15, 0.2) is 48.5 Å². The molecule has 6 heteroatoms. The maximum Gasteiger partial charge on any atom is 0.235 e. The summed E-state index contributed by atoms with van der Waals surface area (Å²) in [6.07, 6.45) is 8.47. The minimum Gasteiger partial charge on any atom is -0.316 e. The molecule has 0 spiro atoms. The van der Waals surface area contributed by atoms with Crippen molar-refractivity contribution in [1.82, 2.24) is 4.98 Å². The highest BCUT2D eigenvalue weighted by Gasteiger charge is 2.43. The summed E-state index contributed by atoms with van der Waals surface area (Å²) in [5.74, 6) is 0.114. The first-order chi connectivity index (χ1) is 16.1. The molecular formula is C27H25ClN2OS2. The zero-order chi connectivity index (χ0) is 22.4. The number of thiazole rings is 1. The topological polar surface area (TPSA) is 42.0 Å². The second kappa shape index (κ2) is 8.53. The number of carbonyl (C=O) groups is 1. The highest BCUT2D eigenvalue weighted by atomic mass is 35.5. The van der Waals surface area contributed by atoms with Crippen LogP contribution in [-0.2, 0) is 23.1 Å². The summed E-state index contributed by atoms with van der Waals surface area (Å²) in [5.41, 5.74) is 4.17. The Labute approximate surface area is 206 Å². The lowest BCUT2D eigenvalue weighted by Gasteiger charge is -2.28. The SMILES string of the molecule is O=C(Nc1sc2c(c1-c1nc3ccccc3s1)CCCC2)C1(c2ccc(Cl)cc2)CCCC1. The number of benzene rings is 2. The fraction of sp³-hybridized carbons (Fsp3) is 0.333. The molecule has 168 valence electrons. The summed E-state index contributed by atoms with van der Waals surface area (Å²) in [6.45, 7) is 0. The average molecular weight is 493 g/mol. The van der Waals surface area contributed by atoms with Crippen molar-refractivity contribution in [2.45, 2.75) is 56.8 Å². The zero-order valence-corrected chi connectivity index (χ0v) is 20.7. The van der Waals surface area contributed by atoms with Crippen LogP contribution in [0.25, 0.3) is 20.8 Å². The van der Waals surface area contributed by atoms with E-state index in [4.69, 9.17) is 16.6 Å². The fourth-order valence-electron chi connectivity index (χ4n) is 5.48. The van der Waals surface area contributed by atoms with Gasteiger partial charge in [0.1, 0.15) is 10.0 Å². The summed E-state index contributed by atoms with van der Waals surface area (Å²) in [4.78, 5) is 20.3. The number of rotatable bonds is 4. The molecule has 1 amide bonds. The predicted molar refractivity (Wildman–Crippen MR) is 140 cm³/mol. The molecule has 0 aliphatic heterocycles. The molecule has 33 heavy (non-hydrogen) atoms. The number of nitrogens with one attached hydrogen (secondary N) is 1. The minimum absolute atomic E-state index is 0.114. The van der Waals surface area contributed by atoms with Crippen LogP contribution in [0.4, 0.5) is 5.00 Å². The Balaban J connectivity index is 1.42. The molecule has 1 saturated carbocycles. The van der Waals surface area contributed by atoms with Gasteiger partial charge < -0.3 is 5.32 Å². The van der Waals surface area contributed by atoms with Gasteiger partial charge in [0.2, 0.25) is 5.91 Å². The Hall–Kier alpha value is -2.21. The Morgan fingerprint density at radius 1 is 0.939 bits per heavy atom. The molecule has 2 aliphatic carbocycles. The molecule has 2 aliphatic rings. The third-order valence-electron chi connectivity index (χ3n) is 7.19. The van der Waals surface area contributed by atoms with Crippen molar-refractivity contribution in [2.75, 3.05) is 5.32 Å². The summed E-state index contributed by atoms with van der Waals surface area (Å²) in [6, 6.07) is 16.2. The Morgan fingerprint density at radius 3 is 2.48 bits per heavy atom. The second-order valence-electron chi connectivity index (χ2n) is 9.15. The van der Waals surface area contributed by atoms with Crippen LogP contribution in [0.1, 0.15) is 54.5 Å². The molecule has 4 aromatic rings. The third-order valence-corrected chi connectivity index (χ3v) is 9.71. The summed E-state index contributed by atoms with van der Waals surface area (Å²) in [7, 11) is 0. The molecule has 1 N–H and O–H groups in total. The molecule has 2 heterocycles. The lowest BCUT2D eigenvalue weighted by Crippen LogP contribution is -2.37. The largest absolute Gasteiger partial charge is 0.316 e. The fourth-order valence-corrected chi connectivity index (χ4v) is 8.00. The summed E-state index contributed by atoms with van der Waals surface area (Å²) < 4.78 is 1.19. The standard InChI is InChI=1S/C27H25ClN2OS2/c28-18-13-11-17(12-14-18)27(15-5-6-16-27)26(31)30-25-23(19-7-1-3-9-21(19)32-25)24-29-20-8-2-4-10-22(20)33-24/h2,4,8,10-14H,1,3,5-7,9,15-16H2,(H,30,31). The van der Waals surface area contributed by atoms with Crippen molar-refractivity contribution >= 4 is 55.4 Å². The van der Waals surface area contributed by atoms with E-state index in [9.17, 15) is 4.79 Å². The number of carbonyl (C=O) groups excluding carboxylic acids is 1.